The lowest BCUT2D eigenvalue weighted by molar-refractivity contribution is 0.414. The maximum absolute atomic E-state index is 5.64. The topological polar surface area (TPSA) is 35.2 Å². The summed E-state index contributed by atoms with van der Waals surface area (Å²) in [6.45, 7) is 0. The Kier molecular flexibility index (Phi) is 3.10. The third-order valence-corrected chi connectivity index (χ3v) is 2.55. The third-order valence-electron chi connectivity index (χ3n) is 2.55. The van der Waals surface area contributed by atoms with Crippen molar-refractivity contribution in [2.45, 2.75) is 6.42 Å². The highest BCUT2D eigenvalue weighted by molar-refractivity contribution is 5.41. The molecule has 0 atom stereocenters. The largest absolute Gasteiger partial charge is 0.497 e. The molecule has 2 N–H and O–H groups in total. The van der Waals surface area contributed by atoms with Crippen LogP contribution in [0.3, 0.4) is 0 Å². The van der Waals surface area contributed by atoms with Crippen LogP contribution in [-0.4, -0.2) is 7.11 Å². The first-order valence-corrected chi connectivity index (χ1v) is 5.25. The van der Waals surface area contributed by atoms with E-state index in [2.05, 4.69) is 24.3 Å². The molecule has 0 aliphatic heterocycles. The van der Waals surface area contributed by atoms with Crippen molar-refractivity contribution in [3.8, 4) is 5.75 Å². The molecule has 0 aliphatic rings. The molecule has 0 bridgehead atoms. The normalized spacial score (nSPS) is 10.1. The Hall–Kier alpha value is -1.96. The van der Waals surface area contributed by atoms with Gasteiger partial charge in [0.05, 0.1) is 7.11 Å². The van der Waals surface area contributed by atoms with Crippen LogP contribution in [0.4, 0.5) is 5.69 Å². The highest BCUT2D eigenvalue weighted by atomic mass is 16.5. The Morgan fingerprint density at radius 2 is 1.38 bits per heavy atom. The van der Waals surface area contributed by atoms with Crippen LogP contribution in [0.2, 0.25) is 0 Å². The van der Waals surface area contributed by atoms with E-state index >= 15 is 0 Å². The van der Waals surface area contributed by atoms with Crippen molar-refractivity contribution in [3.05, 3.63) is 59.7 Å². The third kappa shape index (κ3) is 2.54. The van der Waals surface area contributed by atoms with Crippen LogP contribution < -0.4 is 10.5 Å². The number of hydrogen-bond donors (Lipinski definition) is 1. The van der Waals surface area contributed by atoms with Gasteiger partial charge in [-0.25, -0.2) is 0 Å². The highest BCUT2D eigenvalue weighted by Gasteiger charge is 1.97. The number of hydrogen-bond acceptors (Lipinski definition) is 2. The van der Waals surface area contributed by atoms with Gasteiger partial charge in [0, 0.05) is 5.69 Å². The Morgan fingerprint density at radius 1 is 0.875 bits per heavy atom. The summed E-state index contributed by atoms with van der Waals surface area (Å²) in [5.74, 6) is 0.890. The van der Waals surface area contributed by atoms with E-state index in [1.807, 2.05) is 24.3 Å². The number of nitrogens with two attached hydrogens (primary N) is 1. The van der Waals surface area contributed by atoms with Gasteiger partial charge >= 0.3 is 0 Å². The summed E-state index contributed by atoms with van der Waals surface area (Å²) in [4.78, 5) is 0. The molecule has 0 saturated carbocycles. The molecule has 0 amide bonds. The van der Waals surface area contributed by atoms with Gasteiger partial charge in [-0.1, -0.05) is 24.3 Å². The van der Waals surface area contributed by atoms with E-state index < -0.39 is 0 Å². The number of methoxy groups -OCH3 is 1. The van der Waals surface area contributed by atoms with Crippen molar-refractivity contribution in [3.63, 3.8) is 0 Å². The summed E-state index contributed by atoms with van der Waals surface area (Å²) in [5.41, 5.74) is 8.98. The summed E-state index contributed by atoms with van der Waals surface area (Å²) < 4.78 is 5.12. The molecule has 0 spiro atoms. The number of anilines is 1. The predicted octanol–water partition coefficient (Wildman–Crippen LogP) is 2.87. The van der Waals surface area contributed by atoms with Gasteiger partial charge in [0.1, 0.15) is 5.75 Å². The van der Waals surface area contributed by atoms with Crippen LogP contribution in [0.15, 0.2) is 48.5 Å². The van der Waals surface area contributed by atoms with Crippen molar-refractivity contribution < 1.29 is 4.74 Å². The first-order chi connectivity index (χ1) is 7.78. The molecule has 0 fully saturated rings. The summed E-state index contributed by atoms with van der Waals surface area (Å²) in [6.07, 6.45) is 0.921. The maximum Gasteiger partial charge on any atom is 0.118 e. The van der Waals surface area contributed by atoms with E-state index in [1.165, 1.54) is 11.1 Å². The first-order valence-electron chi connectivity index (χ1n) is 5.25. The Bertz CT molecular complexity index is 445. The fraction of sp³-hybridized carbons (Fsp3) is 0.143. The lowest BCUT2D eigenvalue weighted by Crippen LogP contribution is -1.90. The quantitative estimate of drug-likeness (QED) is 0.796. The second-order valence-electron chi connectivity index (χ2n) is 3.77. The molecule has 0 aliphatic carbocycles. The zero-order chi connectivity index (χ0) is 11.4. The van der Waals surface area contributed by atoms with Crippen LogP contribution in [0.25, 0.3) is 0 Å². The van der Waals surface area contributed by atoms with Crippen LogP contribution in [-0.2, 0) is 6.42 Å². The van der Waals surface area contributed by atoms with Crippen molar-refractivity contribution in [1.82, 2.24) is 0 Å². The second-order valence-corrected chi connectivity index (χ2v) is 3.77. The van der Waals surface area contributed by atoms with Gasteiger partial charge in [0.2, 0.25) is 0 Å². The molecule has 82 valence electrons. The predicted molar refractivity (Wildman–Crippen MR) is 66.7 cm³/mol. The molecule has 0 radical (unpaired) electrons. The zero-order valence-electron chi connectivity index (χ0n) is 9.31. The van der Waals surface area contributed by atoms with Gasteiger partial charge in [-0.15, -0.1) is 0 Å². The van der Waals surface area contributed by atoms with Crippen LogP contribution in [0.1, 0.15) is 11.1 Å². The summed E-state index contributed by atoms with van der Waals surface area (Å²) in [5, 5.41) is 0. The van der Waals surface area contributed by atoms with Gasteiger partial charge in [-0.3, -0.25) is 0 Å². The molecule has 2 rings (SSSR count). The SMILES string of the molecule is COc1ccc(Cc2ccc(N)cc2)cc1. The van der Waals surface area contributed by atoms with Gasteiger partial charge in [-0.2, -0.15) is 0 Å². The minimum atomic E-state index is 0.804. The van der Waals surface area contributed by atoms with Crippen LogP contribution in [0.5, 0.6) is 5.75 Å². The zero-order valence-corrected chi connectivity index (χ0v) is 9.31. The van der Waals surface area contributed by atoms with Crippen molar-refractivity contribution in [1.29, 1.82) is 0 Å². The number of rotatable bonds is 3. The second kappa shape index (κ2) is 4.71. The Balaban J connectivity index is 2.11. The van der Waals surface area contributed by atoms with E-state index in [0.717, 1.165) is 17.9 Å². The van der Waals surface area contributed by atoms with E-state index in [0.29, 0.717) is 0 Å². The summed E-state index contributed by atoms with van der Waals surface area (Å²) >= 11 is 0. The molecule has 2 aromatic carbocycles. The molecule has 0 saturated heterocycles. The maximum atomic E-state index is 5.64. The highest BCUT2D eigenvalue weighted by Crippen LogP contribution is 2.15. The summed E-state index contributed by atoms with van der Waals surface area (Å²) in [6, 6.07) is 16.1. The van der Waals surface area contributed by atoms with Crippen molar-refractivity contribution >= 4 is 5.69 Å². The first kappa shape index (κ1) is 10.6. The van der Waals surface area contributed by atoms with E-state index in [9.17, 15) is 0 Å². The van der Waals surface area contributed by atoms with E-state index in [-0.39, 0.29) is 0 Å². The molecule has 0 aromatic heterocycles. The number of ether oxygens (including phenoxy) is 1. The smallest absolute Gasteiger partial charge is 0.118 e. The molecular weight excluding hydrogens is 198 g/mol. The number of benzene rings is 2. The fourth-order valence-corrected chi connectivity index (χ4v) is 1.61. The standard InChI is InChI=1S/C14H15NO/c1-16-14-8-4-12(5-9-14)10-11-2-6-13(15)7-3-11/h2-9H,10,15H2,1H3. The van der Waals surface area contributed by atoms with E-state index in [1.54, 1.807) is 7.11 Å². The molecule has 2 nitrogen and oxygen atoms in total. The van der Waals surface area contributed by atoms with Crippen LogP contribution in [0, 0.1) is 0 Å². The van der Waals surface area contributed by atoms with Gasteiger partial charge in [0.15, 0.2) is 0 Å². The van der Waals surface area contributed by atoms with Crippen LogP contribution >= 0.6 is 0 Å². The van der Waals surface area contributed by atoms with Crippen molar-refractivity contribution in [2.75, 3.05) is 12.8 Å². The Labute approximate surface area is 95.7 Å². The fourth-order valence-electron chi connectivity index (χ4n) is 1.61. The van der Waals surface area contributed by atoms with Crippen molar-refractivity contribution in [2.24, 2.45) is 0 Å². The molecule has 0 unspecified atom stereocenters. The Morgan fingerprint density at radius 3 is 1.88 bits per heavy atom. The lowest BCUT2D eigenvalue weighted by Gasteiger charge is -2.04. The average molecular weight is 213 g/mol. The molecular formula is C14H15NO. The average Bonchev–Trinajstić information content (AvgIpc) is 2.33. The monoisotopic (exact) mass is 213 g/mol. The van der Waals surface area contributed by atoms with Gasteiger partial charge in [-0.05, 0) is 41.8 Å². The molecule has 0 heterocycles. The molecule has 2 heteroatoms. The summed E-state index contributed by atoms with van der Waals surface area (Å²) in [7, 11) is 1.68. The van der Waals surface area contributed by atoms with Gasteiger partial charge < -0.3 is 10.5 Å². The minimum Gasteiger partial charge on any atom is -0.497 e. The molecule has 2 aromatic rings. The number of nitrogen functional groups attached to an aromatic ring is 1. The van der Waals surface area contributed by atoms with E-state index in [4.69, 9.17) is 10.5 Å². The molecule has 16 heavy (non-hydrogen) atoms. The minimum absolute atomic E-state index is 0.804. The lowest BCUT2D eigenvalue weighted by atomic mass is 10.0. The van der Waals surface area contributed by atoms with Gasteiger partial charge in [0.25, 0.3) is 0 Å².